The Kier molecular flexibility index (Phi) is 7.74. The summed E-state index contributed by atoms with van der Waals surface area (Å²) in [6.45, 7) is -0.386. The number of rotatable bonds is 10. The topological polar surface area (TPSA) is 239 Å². The number of nitrogens with two attached hydrogens (primary N) is 1. The summed E-state index contributed by atoms with van der Waals surface area (Å²) in [4.78, 5) is 41.9. The molecule has 0 radical (unpaired) electrons. The number of nitrogen functional groups attached to an aromatic ring is 1. The molecule has 3 rings (SSSR count). The van der Waals surface area contributed by atoms with E-state index in [-0.39, 0.29) is 28.7 Å². The van der Waals surface area contributed by atoms with Crippen LogP contribution in [0, 0.1) is 0 Å². The summed E-state index contributed by atoms with van der Waals surface area (Å²) < 4.78 is 49.1. The summed E-state index contributed by atoms with van der Waals surface area (Å²) in [5.41, 5.74) is 4.45. The number of thiazole rings is 1. The zero-order chi connectivity index (χ0) is 26.1. The summed E-state index contributed by atoms with van der Waals surface area (Å²) >= 11 is 2.04. The number of thioether (sulfide) groups is 1. The van der Waals surface area contributed by atoms with E-state index in [1.807, 2.05) is 4.72 Å². The van der Waals surface area contributed by atoms with Gasteiger partial charge in [0.15, 0.2) is 20.7 Å². The predicted octanol–water partition coefficient (Wildman–Crippen LogP) is -2.39. The van der Waals surface area contributed by atoms with Gasteiger partial charge in [-0.3, -0.25) is 14.5 Å². The average molecular weight is 569 g/mol. The van der Waals surface area contributed by atoms with E-state index in [9.17, 15) is 41.5 Å². The number of β-lactam (4-membered cyclic amide) rings is 1. The lowest BCUT2D eigenvalue weighted by Crippen LogP contribution is -2.71. The molecule has 3 heterocycles. The van der Waals surface area contributed by atoms with Crippen molar-refractivity contribution in [1.82, 2.24) is 19.9 Å². The molecule has 1 aromatic heterocycles. The maximum absolute atomic E-state index is 12.7. The van der Waals surface area contributed by atoms with Crippen LogP contribution in [0.3, 0.4) is 0 Å². The molecule has 0 aromatic carbocycles. The number of carboxylic acid groups (broad SMARTS) is 1. The van der Waals surface area contributed by atoms with Crippen molar-refractivity contribution in [1.29, 1.82) is 0 Å². The first-order valence-electron chi connectivity index (χ1n) is 9.53. The number of nitrogens with one attached hydrogen (secondary N) is 2. The van der Waals surface area contributed by atoms with Crippen molar-refractivity contribution in [2.45, 2.75) is 11.4 Å². The summed E-state index contributed by atoms with van der Waals surface area (Å²) in [6, 6.07) is -1.16. The number of nitrogens with zero attached hydrogens (tertiary/aromatic N) is 3. The minimum absolute atomic E-state index is 0.0172. The van der Waals surface area contributed by atoms with E-state index in [1.54, 1.807) is 0 Å². The Labute approximate surface area is 207 Å². The summed E-state index contributed by atoms with van der Waals surface area (Å²) in [7, 11) is -7.51. The van der Waals surface area contributed by atoms with E-state index in [0.717, 1.165) is 34.3 Å². The molecule has 0 aliphatic carbocycles. The van der Waals surface area contributed by atoms with Crippen LogP contribution in [0.4, 0.5) is 5.13 Å². The van der Waals surface area contributed by atoms with Crippen LogP contribution < -0.4 is 15.8 Å². The van der Waals surface area contributed by atoms with E-state index in [0.29, 0.717) is 0 Å². The van der Waals surface area contributed by atoms with Crippen LogP contribution in [0.2, 0.25) is 0 Å². The van der Waals surface area contributed by atoms with Gasteiger partial charge in [0.1, 0.15) is 22.8 Å². The van der Waals surface area contributed by atoms with Gasteiger partial charge < -0.3 is 21.4 Å². The van der Waals surface area contributed by atoms with Crippen LogP contribution in [-0.4, -0.2) is 102 Å². The molecule has 1 aromatic rings. The van der Waals surface area contributed by atoms with Crippen molar-refractivity contribution in [3.8, 4) is 0 Å². The Morgan fingerprint density at radius 2 is 2.03 bits per heavy atom. The first-order valence-corrected chi connectivity index (χ1v) is 15.2. The number of aromatic nitrogens is 1. The SMILES string of the molecule is CS(=O)(=O)NCCS(=O)(=O)CC1=C(C(=O)O)N2C(=O)C(NC(=O)/C(=N\O)c3csc(N)n3)[C@H]2SC1. The third-order valence-electron chi connectivity index (χ3n) is 4.79. The van der Waals surface area contributed by atoms with Crippen molar-refractivity contribution in [3.05, 3.63) is 22.3 Å². The molecule has 19 heteroatoms. The maximum Gasteiger partial charge on any atom is 0.352 e. The Balaban J connectivity index is 1.74. The maximum atomic E-state index is 12.7. The number of carboxylic acids is 1. The van der Waals surface area contributed by atoms with Gasteiger partial charge >= 0.3 is 5.97 Å². The standard InChI is InChI=1S/C16H20N6O9S4/c1-34(28,29)18-2-3-35(30,31)6-7-4-32-14-10(13(24)22(14)11(7)15(25)26)20-12(23)9(21-27)8-5-33-16(17)19-8/h5,10,14,18,27H,2-4,6H2,1H3,(H2,17,19)(H,20,23)(H,25,26)/b21-9-/t10?,14-/m1/s1. The van der Waals surface area contributed by atoms with Crippen LogP contribution in [0.5, 0.6) is 0 Å². The smallest absolute Gasteiger partial charge is 0.352 e. The van der Waals surface area contributed by atoms with Crippen LogP contribution in [-0.2, 0) is 34.2 Å². The lowest BCUT2D eigenvalue weighted by Gasteiger charge is -2.49. The Bertz CT molecular complexity index is 1330. The van der Waals surface area contributed by atoms with Crippen molar-refractivity contribution >= 4 is 71.6 Å². The van der Waals surface area contributed by atoms with Gasteiger partial charge in [-0.05, 0) is 5.57 Å². The number of oxime groups is 1. The number of amides is 2. The number of fused-ring (bicyclic) bond motifs is 1. The Morgan fingerprint density at radius 1 is 1.34 bits per heavy atom. The lowest BCUT2D eigenvalue weighted by molar-refractivity contribution is -0.150. The quantitative estimate of drug-likeness (QED) is 0.0859. The molecule has 0 bridgehead atoms. The largest absolute Gasteiger partial charge is 0.477 e. The number of hydrogen-bond donors (Lipinski definition) is 5. The molecule has 0 spiro atoms. The van der Waals surface area contributed by atoms with Crippen LogP contribution in [0.1, 0.15) is 5.69 Å². The number of anilines is 1. The molecule has 0 saturated carbocycles. The molecule has 1 fully saturated rings. The number of sulfonamides is 1. The minimum atomic E-state index is -3.91. The molecular formula is C16H20N6O9S4. The van der Waals surface area contributed by atoms with Gasteiger partial charge in [-0.1, -0.05) is 5.16 Å². The van der Waals surface area contributed by atoms with Crippen LogP contribution >= 0.6 is 23.1 Å². The van der Waals surface area contributed by atoms with E-state index >= 15 is 0 Å². The number of aliphatic carboxylic acids is 1. The van der Waals surface area contributed by atoms with Gasteiger partial charge in [0, 0.05) is 17.7 Å². The highest BCUT2D eigenvalue weighted by Crippen LogP contribution is 2.40. The normalized spacial score (nSPS) is 20.9. The first kappa shape index (κ1) is 26.9. The average Bonchev–Trinajstić information content (AvgIpc) is 3.16. The molecule has 1 saturated heterocycles. The third-order valence-corrected chi connectivity index (χ3v) is 9.14. The van der Waals surface area contributed by atoms with Gasteiger partial charge in [-0.15, -0.1) is 23.1 Å². The molecule has 2 aliphatic rings. The molecular weight excluding hydrogens is 548 g/mol. The fourth-order valence-corrected chi connectivity index (χ4v) is 7.29. The van der Waals surface area contributed by atoms with Crippen LogP contribution in [0.15, 0.2) is 21.8 Å². The van der Waals surface area contributed by atoms with Gasteiger partial charge in [0.05, 0.1) is 17.8 Å². The molecule has 15 nitrogen and oxygen atoms in total. The van der Waals surface area contributed by atoms with Crippen molar-refractivity contribution in [2.75, 3.05) is 35.8 Å². The molecule has 35 heavy (non-hydrogen) atoms. The van der Waals surface area contributed by atoms with Crippen molar-refractivity contribution < 1.29 is 41.5 Å². The fourth-order valence-electron chi connectivity index (χ4n) is 3.33. The summed E-state index contributed by atoms with van der Waals surface area (Å²) in [5.74, 6) is -4.58. The predicted molar refractivity (Wildman–Crippen MR) is 126 cm³/mol. The Hall–Kier alpha value is -2.74. The number of sulfone groups is 1. The van der Waals surface area contributed by atoms with E-state index in [2.05, 4.69) is 15.5 Å². The van der Waals surface area contributed by atoms with Gasteiger partial charge in [0.25, 0.3) is 11.8 Å². The lowest BCUT2D eigenvalue weighted by atomic mass is 10.0. The monoisotopic (exact) mass is 568 g/mol. The second kappa shape index (κ2) is 10.1. The van der Waals surface area contributed by atoms with E-state index < -0.39 is 72.0 Å². The number of carbonyl (C=O) groups is 3. The number of hydrogen-bond acceptors (Lipinski definition) is 13. The van der Waals surface area contributed by atoms with Crippen molar-refractivity contribution in [2.24, 2.45) is 5.16 Å². The summed E-state index contributed by atoms with van der Waals surface area (Å²) in [5, 5.41) is 24.8. The molecule has 2 atom stereocenters. The van der Waals surface area contributed by atoms with Gasteiger partial charge in [-0.2, -0.15) is 0 Å². The van der Waals surface area contributed by atoms with Gasteiger partial charge in [0.2, 0.25) is 10.0 Å². The molecule has 2 amide bonds. The highest BCUT2D eigenvalue weighted by atomic mass is 32.2. The van der Waals surface area contributed by atoms with Gasteiger partial charge in [-0.25, -0.2) is 31.3 Å². The second-order valence-corrected chi connectivity index (χ2v) is 13.4. The molecule has 6 N–H and O–H groups in total. The zero-order valence-corrected chi connectivity index (χ0v) is 21.1. The third kappa shape index (κ3) is 6.10. The minimum Gasteiger partial charge on any atom is -0.477 e. The first-order chi connectivity index (χ1) is 16.2. The highest BCUT2D eigenvalue weighted by Gasteiger charge is 2.54. The summed E-state index contributed by atoms with van der Waals surface area (Å²) in [6.07, 6.45) is 0.870. The molecule has 1 unspecified atom stereocenters. The van der Waals surface area contributed by atoms with Crippen LogP contribution in [0.25, 0.3) is 0 Å². The van der Waals surface area contributed by atoms with E-state index in [1.165, 1.54) is 5.38 Å². The molecule has 192 valence electrons. The van der Waals surface area contributed by atoms with Crippen molar-refractivity contribution in [3.63, 3.8) is 0 Å². The second-order valence-electron chi connectivity index (χ2n) is 7.40. The Morgan fingerprint density at radius 3 is 2.57 bits per heavy atom. The zero-order valence-electron chi connectivity index (χ0n) is 17.9. The molecule has 2 aliphatic heterocycles. The van der Waals surface area contributed by atoms with E-state index in [4.69, 9.17) is 5.73 Å². The highest BCUT2D eigenvalue weighted by molar-refractivity contribution is 8.00. The fraction of sp³-hybridized carbons (Fsp3) is 0.438. The number of carbonyl (C=O) groups excluding carboxylic acids is 2.